The molecule has 4 aromatic rings. The first-order chi connectivity index (χ1) is 15.1. The molecule has 162 valence electrons. The van der Waals surface area contributed by atoms with Crippen molar-refractivity contribution < 1.29 is 18.0 Å². The Bertz CT molecular complexity index is 1350. The molecule has 1 amide bonds. The van der Waals surface area contributed by atoms with E-state index in [0.29, 0.717) is 33.5 Å². The number of halogens is 3. The monoisotopic (exact) mass is 436 g/mol. The van der Waals surface area contributed by atoms with Gasteiger partial charge in [0.2, 0.25) is 0 Å². The van der Waals surface area contributed by atoms with Gasteiger partial charge in [-0.2, -0.15) is 13.2 Å². The highest BCUT2D eigenvalue weighted by Crippen LogP contribution is 2.31. The SMILES string of the molecule is Cc1cc(C(=O)Nc2ccc(-c3ncc4cc(C(F)(F)F)ccc4n3)cc2C)c(C)cn1. The molecule has 32 heavy (non-hydrogen) atoms. The second-order valence-corrected chi connectivity index (χ2v) is 7.59. The Morgan fingerprint density at radius 1 is 0.906 bits per heavy atom. The molecule has 4 rings (SSSR count). The minimum absolute atomic E-state index is 0.230. The fourth-order valence-corrected chi connectivity index (χ4v) is 3.35. The van der Waals surface area contributed by atoms with Crippen molar-refractivity contribution in [1.82, 2.24) is 15.0 Å². The molecule has 2 heterocycles. The summed E-state index contributed by atoms with van der Waals surface area (Å²) in [6.07, 6.45) is -1.38. The van der Waals surface area contributed by atoms with E-state index in [4.69, 9.17) is 0 Å². The first-order valence-electron chi connectivity index (χ1n) is 9.81. The summed E-state index contributed by atoms with van der Waals surface area (Å²) in [6.45, 7) is 5.50. The van der Waals surface area contributed by atoms with Gasteiger partial charge in [0.15, 0.2) is 5.82 Å². The number of pyridine rings is 1. The van der Waals surface area contributed by atoms with Gasteiger partial charge >= 0.3 is 6.18 Å². The number of aryl methyl sites for hydroxylation is 3. The van der Waals surface area contributed by atoms with E-state index in [1.807, 2.05) is 26.8 Å². The number of benzene rings is 2. The number of nitrogens with zero attached hydrogens (tertiary/aromatic N) is 3. The number of nitrogens with one attached hydrogen (secondary N) is 1. The molecule has 8 heteroatoms. The predicted molar refractivity (Wildman–Crippen MR) is 116 cm³/mol. The Balaban J connectivity index is 1.61. The quantitative estimate of drug-likeness (QED) is 0.435. The van der Waals surface area contributed by atoms with E-state index >= 15 is 0 Å². The smallest absolute Gasteiger partial charge is 0.322 e. The van der Waals surface area contributed by atoms with Crippen LogP contribution >= 0.6 is 0 Å². The van der Waals surface area contributed by atoms with Crippen LogP contribution in [0.3, 0.4) is 0 Å². The minimum atomic E-state index is -4.42. The zero-order chi connectivity index (χ0) is 23.0. The van der Waals surface area contributed by atoms with E-state index in [0.717, 1.165) is 29.0 Å². The number of fused-ring (bicyclic) bond motifs is 1. The van der Waals surface area contributed by atoms with Gasteiger partial charge in [0.05, 0.1) is 11.1 Å². The van der Waals surface area contributed by atoms with Gasteiger partial charge in [0.25, 0.3) is 5.91 Å². The third-order valence-corrected chi connectivity index (χ3v) is 5.12. The summed E-state index contributed by atoms with van der Waals surface area (Å²) < 4.78 is 38.7. The van der Waals surface area contributed by atoms with Gasteiger partial charge in [-0.05, 0) is 74.4 Å². The molecule has 0 aliphatic rings. The molecule has 5 nitrogen and oxygen atoms in total. The number of carbonyl (C=O) groups is 1. The predicted octanol–water partition coefficient (Wildman–Crippen LogP) is 5.89. The Morgan fingerprint density at radius 3 is 2.41 bits per heavy atom. The van der Waals surface area contributed by atoms with Crippen LogP contribution in [0.15, 0.2) is 54.9 Å². The van der Waals surface area contributed by atoms with Gasteiger partial charge in [0, 0.05) is 40.3 Å². The molecule has 0 aliphatic carbocycles. The van der Waals surface area contributed by atoms with E-state index < -0.39 is 11.7 Å². The van der Waals surface area contributed by atoms with Gasteiger partial charge in [-0.15, -0.1) is 0 Å². The number of hydrogen-bond acceptors (Lipinski definition) is 4. The number of aromatic nitrogens is 3. The molecule has 0 aliphatic heterocycles. The standard InChI is InChI=1S/C24H19F3N4O/c1-13-8-16(4-6-20(13)31-23(32)19-9-15(3)28-11-14(19)2)22-29-12-17-10-18(24(25,26)27)5-7-21(17)30-22/h4-12H,1-3H3,(H,31,32). The molecular formula is C24H19F3N4O. The van der Waals surface area contributed by atoms with Gasteiger partial charge in [-0.1, -0.05) is 0 Å². The summed E-state index contributed by atoms with van der Waals surface area (Å²) in [5, 5.41) is 3.22. The molecule has 0 radical (unpaired) electrons. The average Bonchev–Trinajstić information content (AvgIpc) is 2.75. The average molecular weight is 436 g/mol. The van der Waals surface area contributed by atoms with Gasteiger partial charge in [-0.25, -0.2) is 9.97 Å². The minimum Gasteiger partial charge on any atom is -0.322 e. The number of amides is 1. The summed E-state index contributed by atoms with van der Waals surface area (Å²) in [6, 6.07) is 10.5. The van der Waals surface area contributed by atoms with Gasteiger partial charge in [-0.3, -0.25) is 9.78 Å². The van der Waals surface area contributed by atoms with Crippen molar-refractivity contribution in [2.45, 2.75) is 26.9 Å². The largest absolute Gasteiger partial charge is 0.416 e. The highest BCUT2D eigenvalue weighted by atomic mass is 19.4. The lowest BCUT2D eigenvalue weighted by molar-refractivity contribution is -0.137. The summed E-state index contributed by atoms with van der Waals surface area (Å²) in [5.41, 5.74) is 3.90. The molecule has 2 aromatic heterocycles. The summed E-state index contributed by atoms with van der Waals surface area (Å²) in [7, 11) is 0. The lowest BCUT2D eigenvalue weighted by Crippen LogP contribution is -2.14. The second kappa shape index (κ2) is 8.03. The maximum atomic E-state index is 12.9. The fraction of sp³-hybridized carbons (Fsp3) is 0.167. The molecule has 0 saturated heterocycles. The van der Waals surface area contributed by atoms with Crippen molar-refractivity contribution in [1.29, 1.82) is 0 Å². The van der Waals surface area contributed by atoms with Crippen LogP contribution in [-0.4, -0.2) is 20.9 Å². The van der Waals surface area contributed by atoms with Crippen molar-refractivity contribution in [3.63, 3.8) is 0 Å². The Morgan fingerprint density at radius 2 is 1.69 bits per heavy atom. The maximum Gasteiger partial charge on any atom is 0.416 e. The van der Waals surface area contributed by atoms with Crippen LogP contribution in [0, 0.1) is 20.8 Å². The lowest BCUT2D eigenvalue weighted by Gasteiger charge is -2.12. The zero-order valence-corrected chi connectivity index (χ0v) is 17.6. The number of rotatable bonds is 3. The van der Waals surface area contributed by atoms with Crippen LogP contribution in [-0.2, 0) is 6.18 Å². The number of hydrogen-bond donors (Lipinski definition) is 1. The summed E-state index contributed by atoms with van der Waals surface area (Å²) in [5.74, 6) is 0.158. The van der Waals surface area contributed by atoms with Crippen molar-refractivity contribution in [3.05, 3.63) is 82.8 Å². The first kappa shape index (κ1) is 21.4. The molecular weight excluding hydrogens is 417 g/mol. The highest BCUT2D eigenvalue weighted by molar-refractivity contribution is 6.05. The van der Waals surface area contributed by atoms with Gasteiger partial charge in [0.1, 0.15) is 0 Å². The lowest BCUT2D eigenvalue weighted by atomic mass is 10.1. The third kappa shape index (κ3) is 4.30. The Hall–Kier alpha value is -3.81. The van der Waals surface area contributed by atoms with Crippen LogP contribution in [0.2, 0.25) is 0 Å². The zero-order valence-electron chi connectivity index (χ0n) is 17.6. The number of carbonyl (C=O) groups excluding carboxylic acids is 1. The van der Waals surface area contributed by atoms with Crippen LogP contribution < -0.4 is 5.32 Å². The summed E-state index contributed by atoms with van der Waals surface area (Å²) >= 11 is 0. The molecule has 0 saturated carbocycles. The van der Waals surface area contributed by atoms with Gasteiger partial charge < -0.3 is 5.32 Å². The van der Waals surface area contributed by atoms with Crippen LogP contribution in [0.25, 0.3) is 22.3 Å². The van der Waals surface area contributed by atoms with E-state index in [1.165, 1.54) is 12.3 Å². The third-order valence-electron chi connectivity index (χ3n) is 5.12. The first-order valence-corrected chi connectivity index (χ1v) is 9.81. The molecule has 0 spiro atoms. The topological polar surface area (TPSA) is 67.8 Å². The van der Waals surface area contributed by atoms with Crippen LogP contribution in [0.4, 0.5) is 18.9 Å². The molecule has 0 unspecified atom stereocenters. The fourth-order valence-electron chi connectivity index (χ4n) is 3.35. The molecule has 0 atom stereocenters. The molecule has 2 aromatic carbocycles. The van der Waals surface area contributed by atoms with Crippen molar-refractivity contribution in [2.75, 3.05) is 5.32 Å². The van der Waals surface area contributed by atoms with E-state index in [1.54, 1.807) is 24.4 Å². The highest BCUT2D eigenvalue weighted by Gasteiger charge is 2.30. The van der Waals surface area contributed by atoms with Crippen molar-refractivity contribution in [3.8, 4) is 11.4 Å². The maximum absolute atomic E-state index is 12.9. The van der Waals surface area contributed by atoms with Crippen LogP contribution in [0.5, 0.6) is 0 Å². The Kier molecular flexibility index (Phi) is 5.38. The van der Waals surface area contributed by atoms with Crippen molar-refractivity contribution >= 4 is 22.5 Å². The summed E-state index contributed by atoms with van der Waals surface area (Å²) in [4.78, 5) is 25.5. The normalized spacial score (nSPS) is 11.6. The van der Waals surface area contributed by atoms with E-state index in [2.05, 4.69) is 20.3 Å². The van der Waals surface area contributed by atoms with E-state index in [-0.39, 0.29) is 5.91 Å². The van der Waals surface area contributed by atoms with Crippen LogP contribution in [0.1, 0.15) is 32.7 Å². The Labute approximate surface area is 182 Å². The second-order valence-electron chi connectivity index (χ2n) is 7.59. The number of anilines is 1. The molecule has 0 bridgehead atoms. The molecule has 0 fully saturated rings. The molecule has 1 N–H and O–H groups in total. The number of alkyl halides is 3. The van der Waals surface area contributed by atoms with Crippen molar-refractivity contribution in [2.24, 2.45) is 0 Å². The van der Waals surface area contributed by atoms with E-state index in [9.17, 15) is 18.0 Å².